The van der Waals surface area contributed by atoms with Crippen molar-refractivity contribution >= 4 is 38.6 Å². The van der Waals surface area contributed by atoms with Crippen molar-refractivity contribution in [1.29, 1.82) is 0 Å². The van der Waals surface area contributed by atoms with Crippen LogP contribution >= 0.6 is 27.5 Å². The lowest BCUT2D eigenvalue weighted by Crippen LogP contribution is -2.00. The largest absolute Gasteiger partial charge is 0.494 e. The van der Waals surface area contributed by atoms with Crippen LogP contribution in [0.3, 0.4) is 0 Å². The normalized spacial score (nSPS) is 11.0. The van der Waals surface area contributed by atoms with Crippen molar-refractivity contribution in [2.45, 2.75) is 5.88 Å². The summed E-state index contributed by atoms with van der Waals surface area (Å²) in [5.74, 6) is 1.18. The van der Waals surface area contributed by atoms with Crippen LogP contribution in [0.15, 0.2) is 40.9 Å². The minimum absolute atomic E-state index is 0.218. The molecule has 21 heavy (non-hydrogen) atoms. The Bertz CT molecular complexity index is 819. The number of alkyl halides is 1. The van der Waals surface area contributed by atoms with E-state index in [1.165, 1.54) is 6.07 Å². The molecule has 2 aromatic carbocycles. The quantitative estimate of drug-likeness (QED) is 0.627. The number of hydrogen-bond donors (Lipinski definition) is 0. The fraction of sp³-hybridized carbons (Fsp3) is 0.133. The highest BCUT2D eigenvalue weighted by Crippen LogP contribution is 2.30. The number of methoxy groups -OCH3 is 1. The van der Waals surface area contributed by atoms with Crippen LogP contribution in [0.25, 0.3) is 16.7 Å². The molecule has 0 radical (unpaired) electrons. The second kappa shape index (κ2) is 5.66. The molecule has 1 aromatic heterocycles. The van der Waals surface area contributed by atoms with E-state index in [9.17, 15) is 4.39 Å². The topological polar surface area (TPSA) is 27.1 Å². The van der Waals surface area contributed by atoms with Gasteiger partial charge in [0.05, 0.1) is 28.7 Å². The molecule has 0 spiro atoms. The van der Waals surface area contributed by atoms with Crippen LogP contribution in [-0.2, 0) is 5.88 Å². The number of hydrogen-bond acceptors (Lipinski definition) is 2. The van der Waals surface area contributed by atoms with Crippen molar-refractivity contribution in [3.05, 3.63) is 52.5 Å². The Labute approximate surface area is 134 Å². The van der Waals surface area contributed by atoms with Gasteiger partial charge in [-0.3, -0.25) is 4.57 Å². The monoisotopic (exact) mass is 368 g/mol. The van der Waals surface area contributed by atoms with E-state index in [1.54, 1.807) is 13.2 Å². The molecule has 108 valence electrons. The number of halogens is 3. The van der Waals surface area contributed by atoms with Crippen molar-refractivity contribution in [1.82, 2.24) is 9.55 Å². The number of imidazole rings is 1. The first-order chi connectivity index (χ1) is 10.2. The molecule has 0 aliphatic carbocycles. The fourth-order valence-electron chi connectivity index (χ4n) is 2.29. The van der Waals surface area contributed by atoms with Crippen molar-refractivity contribution in [2.24, 2.45) is 0 Å². The maximum absolute atomic E-state index is 13.8. The molecule has 0 unspecified atom stereocenters. The highest BCUT2D eigenvalue weighted by Gasteiger charge is 2.15. The van der Waals surface area contributed by atoms with Crippen LogP contribution < -0.4 is 4.74 Å². The Morgan fingerprint density at radius 2 is 2.14 bits per heavy atom. The Morgan fingerprint density at radius 3 is 2.81 bits per heavy atom. The van der Waals surface area contributed by atoms with Gasteiger partial charge >= 0.3 is 0 Å². The number of nitrogens with zero attached hydrogens (tertiary/aromatic N) is 2. The zero-order chi connectivity index (χ0) is 15.0. The van der Waals surface area contributed by atoms with Gasteiger partial charge in [-0.1, -0.05) is 6.07 Å². The summed E-state index contributed by atoms with van der Waals surface area (Å²) >= 11 is 9.15. The number of benzene rings is 2. The van der Waals surface area contributed by atoms with Crippen LogP contribution in [-0.4, -0.2) is 16.7 Å². The van der Waals surface area contributed by atoms with Crippen molar-refractivity contribution in [2.75, 3.05) is 7.11 Å². The average Bonchev–Trinajstić information content (AvgIpc) is 2.88. The molecule has 0 fully saturated rings. The molecular weight excluding hydrogens is 359 g/mol. The average molecular weight is 370 g/mol. The lowest BCUT2D eigenvalue weighted by molar-refractivity contribution is 0.419. The van der Waals surface area contributed by atoms with Crippen LogP contribution in [0.2, 0.25) is 0 Å². The van der Waals surface area contributed by atoms with Gasteiger partial charge in [0.25, 0.3) is 0 Å². The van der Waals surface area contributed by atoms with Crippen molar-refractivity contribution in [3.8, 4) is 11.4 Å². The van der Waals surface area contributed by atoms with Crippen LogP contribution in [0.5, 0.6) is 5.75 Å². The van der Waals surface area contributed by atoms with Gasteiger partial charge in [-0.2, -0.15) is 0 Å². The Kier molecular flexibility index (Phi) is 3.87. The predicted molar refractivity (Wildman–Crippen MR) is 84.8 cm³/mol. The Balaban J connectivity index is 2.32. The summed E-state index contributed by atoms with van der Waals surface area (Å²) in [5, 5.41) is 0. The number of para-hydroxylation sites is 1. The molecule has 6 heteroatoms. The minimum atomic E-state index is -0.335. The minimum Gasteiger partial charge on any atom is -0.494 e. The standard InChI is InChI=1S/C15H11BrClFN2O/c1-21-13-4-2-3-12-15(13)19-14(8-17)20(12)9-5-6-10(16)11(18)7-9/h2-7H,8H2,1H3. The van der Waals surface area contributed by atoms with Gasteiger partial charge < -0.3 is 4.74 Å². The van der Waals surface area contributed by atoms with E-state index in [2.05, 4.69) is 20.9 Å². The van der Waals surface area contributed by atoms with Gasteiger partial charge in [0.1, 0.15) is 22.9 Å². The third-order valence-electron chi connectivity index (χ3n) is 3.22. The zero-order valence-corrected chi connectivity index (χ0v) is 13.4. The van der Waals surface area contributed by atoms with Crippen LogP contribution in [0, 0.1) is 5.82 Å². The number of fused-ring (bicyclic) bond motifs is 1. The number of rotatable bonds is 3. The molecule has 3 aromatic rings. The summed E-state index contributed by atoms with van der Waals surface area (Å²) < 4.78 is 21.4. The summed E-state index contributed by atoms with van der Waals surface area (Å²) in [6.45, 7) is 0. The van der Waals surface area contributed by atoms with E-state index in [0.29, 0.717) is 27.3 Å². The molecule has 3 nitrogen and oxygen atoms in total. The van der Waals surface area contributed by atoms with E-state index in [4.69, 9.17) is 16.3 Å². The van der Waals surface area contributed by atoms with Crippen molar-refractivity contribution in [3.63, 3.8) is 0 Å². The van der Waals surface area contributed by atoms with Crippen LogP contribution in [0.1, 0.15) is 5.82 Å². The summed E-state index contributed by atoms with van der Waals surface area (Å²) in [6.07, 6.45) is 0. The van der Waals surface area contributed by atoms with Gasteiger partial charge in [0.2, 0.25) is 0 Å². The van der Waals surface area contributed by atoms with E-state index in [-0.39, 0.29) is 11.7 Å². The maximum Gasteiger partial charge on any atom is 0.146 e. The molecule has 0 amide bonds. The van der Waals surface area contributed by atoms with Gasteiger partial charge in [0, 0.05) is 0 Å². The number of aromatic nitrogens is 2. The second-order valence-electron chi connectivity index (χ2n) is 4.42. The third kappa shape index (κ3) is 2.40. The molecule has 0 N–H and O–H groups in total. The van der Waals surface area contributed by atoms with E-state index < -0.39 is 0 Å². The molecule has 1 heterocycles. The SMILES string of the molecule is COc1cccc2c1nc(CCl)n2-c1ccc(Br)c(F)c1. The molecule has 0 aliphatic rings. The molecule has 3 rings (SSSR count). The lowest BCUT2D eigenvalue weighted by Gasteiger charge is -2.09. The predicted octanol–water partition coefficient (Wildman–Crippen LogP) is 4.67. The van der Waals surface area contributed by atoms with E-state index in [0.717, 1.165) is 5.52 Å². The van der Waals surface area contributed by atoms with Gasteiger partial charge in [-0.15, -0.1) is 11.6 Å². The molecule has 0 bridgehead atoms. The molecule has 0 saturated heterocycles. The van der Waals surface area contributed by atoms with Crippen molar-refractivity contribution < 1.29 is 9.13 Å². The molecule has 0 saturated carbocycles. The molecule has 0 atom stereocenters. The first-order valence-electron chi connectivity index (χ1n) is 6.21. The summed E-state index contributed by atoms with van der Waals surface area (Å²) in [6, 6.07) is 10.5. The van der Waals surface area contributed by atoms with E-state index in [1.807, 2.05) is 28.8 Å². The van der Waals surface area contributed by atoms with Gasteiger partial charge in [-0.05, 0) is 46.3 Å². The Morgan fingerprint density at radius 1 is 1.33 bits per heavy atom. The summed E-state index contributed by atoms with van der Waals surface area (Å²) in [7, 11) is 1.59. The van der Waals surface area contributed by atoms with Gasteiger partial charge in [0.15, 0.2) is 0 Å². The highest BCUT2D eigenvalue weighted by molar-refractivity contribution is 9.10. The number of ether oxygens (including phenoxy) is 1. The summed E-state index contributed by atoms with van der Waals surface area (Å²) in [4.78, 5) is 4.50. The summed E-state index contributed by atoms with van der Waals surface area (Å²) in [5.41, 5.74) is 2.20. The van der Waals surface area contributed by atoms with E-state index >= 15 is 0 Å². The first kappa shape index (κ1) is 14.4. The zero-order valence-electron chi connectivity index (χ0n) is 11.1. The smallest absolute Gasteiger partial charge is 0.146 e. The Hall–Kier alpha value is -1.59. The molecule has 0 aliphatic heterocycles. The fourth-order valence-corrected chi connectivity index (χ4v) is 2.71. The highest BCUT2D eigenvalue weighted by atomic mass is 79.9. The second-order valence-corrected chi connectivity index (χ2v) is 5.55. The van der Waals surface area contributed by atoms with Gasteiger partial charge in [-0.25, -0.2) is 9.37 Å². The molecular formula is C15H11BrClFN2O. The maximum atomic E-state index is 13.8. The third-order valence-corrected chi connectivity index (χ3v) is 4.10. The first-order valence-corrected chi connectivity index (χ1v) is 7.54. The van der Waals surface area contributed by atoms with Crippen LogP contribution in [0.4, 0.5) is 4.39 Å². The lowest BCUT2D eigenvalue weighted by atomic mass is 10.2.